The average Bonchev–Trinajstić information content (AvgIpc) is 2.43. The minimum absolute atomic E-state index is 0.190. The van der Waals surface area contributed by atoms with Gasteiger partial charge in [0.25, 0.3) is 0 Å². The molecule has 106 valence electrons. The Balaban J connectivity index is 2.30. The molecule has 2 aromatic rings. The van der Waals surface area contributed by atoms with Gasteiger partial charge in [-0.25, -0.2) is 14.4 Å². The van der Waals surface area contributed by atoms with Crippen molar-refractivity contribution >= 4 is 44.9 Å². The highest BCUT2D eigenvalue weighted by atomic mass is 79.9. The molecular weight excluding hydrogens is 347 g/mol. The van der Waals surface area contributed by atoms with E-state index in [2.05, 4.69) is 43.5 Å². The zero-order chi connectivity index (χ0) is 14.5. The first-order valence-corrected chi connectivity index (χ1v) is 7.26. The predicted octanol–water partition coefficient (Wildman–Crippen LogP) is 4.60. The molecule has 0 radical (unpaired) electrons. The minimum Gasteiger partial charge on any atom is -0.369 e. The van der Waals surface area contributed by atoms with E-state index in [4.69, 9.17) is 11.6 Å². The molecule has 2 N–H and O–H groups in total. The molecule has 0 amide bonds. The van der Waals surface area contributed by atoms with Gasteiger partial charge < -0.3 is 10.6 Å². The Morgan fingerprint density at radius 3 is 2.75 bits per heavy atom. The van der Waals surface area contributed by atoms with Crippen LogP contribution in [-0.2, 0) is 0 Å². The summed E-state index contributed by atoms with van der Waals surface area (Å²) in [6.45, 7) is 2.84. The second kappa shape index (κ2) is 6.85. The quantitative estimate of drug-likeness (QED) is 0.819. The third-order valence-corrected chi connectivity index (χ3v) is 3.60. The number of para-hydroxylation sites is 1. The molecule has 0 fully saturated rings. The molecule has 4 nitrogen and oxygen atoms in total. The van der Waals surface area contributed by atoms with Gasteiger partial charge in [0.2, 0.25) is 0 Å². The summed E-state index contributed by atoms with van der Waals surface area (Å²) in [5.74, 6) is 0.661. The highest BCUT2D eigenvalue weighted by molar-refractivity contribution is 9.10. The van der Waals surface area contributed by atoms with E-state index in [0.717, 1.165) is 13.0 Å². The lowest BCUT2D eigenvalue weighted by atomic mass is 10.3. The van der Waals surface area contributed by atoms with Gasteiger partial charge in [-0.3, -0.25) is 0 Å². The van der Waals surface area contributed by atoms with Crippen LogP contribution in [0.1, 0.15) is 13.3 Å². The molecule has 0 aliphatic heterocycles. The van der Waals surface area contributed by atoms with Crippen molar-refractivity contribution in [3.8, 4) is 0 Å². The van der Waals surface area contributed by atoms with Gasteiger partial charge in [-0.2, -0.15) is 0 Å². The van der Waals surface area contributed by atoms with E-state index in [-0.39, 0.29) is 5.69 Å². The van der Waals surface area contributed by atoms with E-state index in [9.17, 15) is 4.39 Å². The smallest absolute Gasteiger partial charge is 0.150 e. The Kier molecular flexibility index (Phi) is 5.14. The van der Waals surface area contributed by atoms with Crippen molar-refractivity contribution in [3.05, 3.63) is 39.8 Å². The molecule has 0 saturated heterocycles. The Morgan fingerprint density at radius 1 is 1.30 bits per heavy atom. The van der Waals surface area contributed by atoms with E-state index < -0.39 is 5.82 Å². The fourth-order valence-electron chi connectivity index (χ4n) is 1.56. The zero-order valence-corrected chi connectivity index (χ0v) is 13.1. The maximum Gasteiger partial charge on any atom is 0.150 e. The van der Waals surface area contributed by atoms with Crippen LogP contribution in [0.5, 0.6) is 0 Å². The van der Waals surface area contributed by atoms with Crippen LogP contribution in [0.2, 0.25) is 5.02 Å². The van der Waals surface area contributed by atoms with Gasteiger partial charge in [-0.15, -0.1) is 0 Å². The topological polar surface area (TPSA) is 49.8 Å². The van der Waals surface area contributed by atoms with Gasteiger partial charge in [0.15, 0.2) is 0 Å². The summed E-state index contributed by atoms with van der Waals surface area (Å²) in [4.78, 5) is 8.22. The van der Waals surface area contributed by atoms with Crippen molar-refractivity contribution in [2.45, 2.75) is 13.3 Å². The Hall–Kier alpha value is -1.40. The number of halogens is 3. The van der Waals surface area contributed by atoms with Crippen LogP contribution in [0, 0.1) is 5.82 Å². The third-order valence-electron chi connectivity index (χ3n) is 2.54. The first-order chi connectivity index (χ1) is 9.63. The maximum atomic E-state index is 13.7. The van der Waals surface area contributed by atoms with Gasteiger partial charge in [0.05, 0.1) is 10.7 Å². The molecule has 7 heteroatoms. The number of benzene rings is 1. The van der Waals surface area contributed by atoms with Crippen molar-refractivity contribution < 1.29 is 4.39 Å². The fraction of sp³-hybridized carbons (Fsp3) is 0.231. The van der Waals surface area contributed by atoms with Crippen LogP contribution in [0.25, 0.3) is 0 Å². The highest BCUT2D eigenvalue weighted by Gasteiger charge is 2.12. The lowest BCUT2D eigenvalue weighted by Crippen LogP contribution is -2.06. The monoisotopic (exact) mass is 358 g/mol. The molecule has 1 heterocycles. The standard InChI is InChI=1S/C13H13BrClFN4/c1-2-6-17-12-10(14)13(19-7-18-12)20-11-8(15)4-3-5-9(11)16/h3-5,7H,2,6H2,1H3,(H2,17,18,19,20). The normalized spacial score (nSPS) is 10.4. The number of nitrogens with zero attached hydrogens (tertiary/aromatic N) is 2. The van der Waals surface area contributed by atoms with Crippen LogP contribution in [0.15, 0.2) is 29.0 Å². The molecule has 2 rings (SSSR count). The molecule has 1 aromatic heterocycles. The number of hydrogen-bond donors (Lipinski definition) is 2. The van der Waals surface area contributed by atoms with Crippen molar-refractivity contribution in [1.82, 2.24) is 9.97 Å². The molecular formula is C13H13BrClFN4. The molecule has 0 unspecified atom stereocenters. The lowest BCUT2D eigenvalue weighted by molar-refractivity contribution is 0.632. The molecule has 1 aromatic carbocycles. The summed E-state index contributed by atoms with van der Waals surface area (Å²) in [6, 6.07) is 4.49. The summed E-state index contributed by atoms with van der Waals surface area (Å²) < 4.78 is 14.4. The first-order valence-electron chi connectivity index (χ1n) is 6.09. The maximum absolute atomic E-state index is 13.7. The molecule has 0 atom stereocenters. The van der Waals surface area contributed by atoms with Crippen LogP contribution in [-0.4, -0.2) is 16.5 Å². The Morgan fingerprint density at radius 2 is 2.05 bits per heavy atom. The zero-order valence-electron chi connectivity index (χ0n) is 10.8. The minimum atomic E-state index is -0.439. The highest BCUT2D eigenvalue weighted by Crippen LogP contribution is 2.32. The molecule has 0 saturated carbocycles. The van der Waals surface area contributed by atoms with E-state index >= 15 is 0 Å². The lowest BCUT2D eigenvalue weighted by Gasteiger charge is -2.12. The van der Waals surface area contributed by atoms with Gasteiger partial charge >= 0.3 is 0 Å². The summed E-state index contributed by atoms with van der Waals surface area (Å²) in [5, 5.41) is 6.32. The largest absolute Gasteiger partial charge is 0.369 e. The number of anilines is 3. The number of rotatable bonds is 5. The summed E-state index contributed by atoms with van der Waals surface area (Å²) >= 11 is 9.38. The average molecular weight is 360 g/mol. The second-order valence-corrected chi connectivity index (χ2v) is 5.23. The van der Waals surface area contributed by atoms with Crippen LogP contribution >= 0.6 is 27.5 Å². The van der Waals surface area contributed by atoms with Crippen LogP contribution in [0.4, 0.5) is 21.7 Å². The van der Waals surface area contributed by atoms with Gasteiger partial charge in [-0.1, -0.05) is 24.6 Å². The van der Waals surface area contributed by atoms with Crippen LogP contribution in [0.3, 0.4) is 0 Å². The van der Waals surface area contributed by atoms with Crippen molar-refractivity contribution in [3.63, 3.8) is 0 Å². The molecule has 0 aliphatic rings. The number of nitrogens with one attached hydrogen (secondary N) is 2. The predicted molar refractivity (Wildman–Crippen MR) is 83.2 cm³/mol. The number of hydrogen-bond acceptors (Lipinski definition) is 4. The second-order valence-electron chi connectivity index (χ2n) is 4.03. The molecule has 0 aliphatic carbocycles. The van der Waals surface area contributed by atoms with Crippen molar-refractivity contribution in [2.75, 3.05) is 17.2 Å². The SMILES string of the molecule is CCCNc1ncnc(Nc2c(F)cccc2Cl)c1Br. The van der Waals surface area contributed by atoms with Gasteiger partial charge in [0, 0.05) is 6.54 Å². The van der Waals surface area contributed by atoms with Gasteiger partial charge in [-0.05, 0) is 34.5 Å². The van der Waals surface area contributed by atoms with Crippen molar-refractivity contribution in [1.29, 1.82) is 0 Å². The van der Waals surface area contributed by atoms with E-state index in [1.807, 2.05) is 0 Å². The first kappa shape index (κ1) is 15.0. The van der Waals surface area contributed by atoms with Gasteiger partial charge in [0.1, 0.15) is 28.3 Å². The van der Waals surface area contributed by atoms with E-state index in [0.29, 0.717) is 21.1 Å². The van der Waals surface area contributed by atoms with Crippen molar-refractivity contribution in [2.24, 2.45) is 0 Å². The Labute approximate surface area is 129 Å². The Bertz CT molecular complexity index is 589. The van der Waals surface area contributed by atoms with Crippen LogP contribution < -0.4 is 10.6 Å². The summed E-state index contributed by atoms with van der Waals surface area (Å²) in [7, 11) is 0. The third kappa shape index (κ3) is 3.37. The fourth-order valence-corrected chi connectivity index (χ4v) is 2.21. The van der Waals surface area contributed by atoms with E-state index in [1.165, 1.54) is 12.4 Å². The summed E-state index contributed by atoms with van der Waals surface area (Å²) in [6.07, 6.45) is 2.37. The summed E-state index contributed by atoms with van der Waals surface area (Å²) in [5.41, 5.74) is 0.190. The van der Waals surface area contributed by atoms with E-state index in [1.54, 1.807) is 12.1 Å². The number of aromatic nitrogens is 2. The molecule has 0 spiro atoms. The molecule has 0 bridgehead atoms. The molecule has 20 heavy (non-hydrogen) atoms.